The Hall–Kier alpha value is -2.04. The number of rotatable bonds is 4. The van der Waals surface area contributed by atoms with Crippen molar-refractivity contribution in [3.63, 3.8) is 0 Å². The third kappa shape index (κ3) is 2.96. The zero-order chi connectivity index (χ0) is 12.3. The van der Waals surface area contributed by atoms with Crippen LogP contribution < -0.4 is 11.1 Å². The summed E-state index contributed by atoms with van der Waals surface area (Å²) < 4.78 is 14.6. The maximum Gasteiger partial charge on any atom is 0.125 e. The van der Waals surface area contributed by atoms with Gasteiger partial charge in [0, 0.05) is 19.8 Å². The second-order valence-electron chi connectivity index (χ2n) is 3.93. The molecule has 4 nitrogen and oxygen atoms in total. The van der Waals surface area contributed by atoms with Crippen molar-refractivity contribution in [3.05, 3.63) is 42.0 Å². The first-order valence-corrected chi connectivity index (χ1v) is 5.41. The van der Waals surface area contributed by atoms with E-state index in [1.54, 1.807) is 10.7 Å². The highest BCUT2D eigenvalue weighted by molar-refractivity contribution is 5.65. The van der Waals surface area contributed by atoms with Crippen LogP contribution in [0.4, 0.5) is 15.8 Å². The van der Waals surface area contributed by atoms with Crippen LogP contribution in [-0.4, -0.2) is 16.3 Å². The van der Waals surface area contributed by atoms with E-state index >= 15 is 0 Å². The van der Waals surface area contributed by atoms with Crippen LogP contribution in [0.2, 0.25) is 0 Å². The van der Waals surface area contributed by atoms with Gasteiger partial charge in [-0.05, 0) is 30.2 Å². The molecule has 2 aromatic rings. The molecule has 0 radical (unpaired) electrons. The third-order valence-corrected chi connectivity index (χ3v) is 2.50. The highest BCUT2D eigenvalue weighted by Gasteiger charge is 2.01. The Balaban J connectivity index is 1.90. The Morgan fingerprint density at radius 2 is 2.29 bits per heavy atom. The van der Waals surface area contributed by atoms with Gasteiger partial charge in [0.1, 0.15) is 5.82 Å². The molecule has 0 amide bonds. The molecule has 0 fully saturated rings. The minimum Gasteiger partial charge on any atom is -0.397 e. The van der Waals surface area contributed by atoms with Crippen molar-refractivity contribution in [3.8, 4) is 0 Å². The predicted molar refractivity (Wildman–Crippen MR) is 66.2 cm³/mol. The first kappa shape index (κ1) is 11.4. The van der Waals surface area contributed by atoms with Gasteiger partial charge in [0.25, 0.3) is 0 Å². The number of aromatic nitrogens is 2. The summed E-state index contributed by atoms with van der Waals surface area (Å²) in [5, 5.41) is 7.26. The molecule has 90 valence electrons. The molecule has 3 N–H and O–H groups in total. The van der Waals surface area contributed by atoms with Crippen molar-refractivity contribution < 1.29 is 4.39 Å². The lowest BCUT2D eigenvalue weighted by Crippen LogP contribution is -2.06. The van der Waals surface area contributed by atoms with Crippen molar-refractivity contribution in [2.75, 3.05) is 17.6 Å². The lowest BCUT2D eigenvalue weighted by molar-refractivity contribution is 0.628. The van der Waals surface area contributed by atoms with Gasteiger partial charge >= 0.3 is 0 Å². The van der Waals surface area contributed by atoms with E-state index in [4.69, 9.17) is 5.73 Å². The first-order chi connectivity index (χ1) is 8.15. The number of hydrogen-bond acceptors (Lipinski definition) is 3. The second kappa shape index (κ2) is 4.86. The molecule has 1 heterocycles. The van der Waals surface area contributed by atoms with Crippen LogP contribution in [0.5, 0.6) is 0 Å². The number of halogens is 1. The maximum atomic E-state index is 12.8. The molecule has 0 aliphatic heterocycles. The van der Waals surface area contributed by atoms with Crippen LogP contribution in [0.15, 0.2) is 30.6 Å². The van der Waals surface area contributed by atoms with Gasteiger partial charge in [-0.15, -0.1) is 0 Å². The molecule has 1 aromatic heterocycles. The molecule has 0 spiro atoms. The number of nitrogens with two attached hydrogens (primary N) is 1. The minimum atomic E-state index is -0.319. The van der Waals surface area contributed by atoms with E-state index in [-0.39, 0.29) is 5.82 Å². The fraction of sp³-hybridized carbons (Fsp3) is 0.250. The van der Waals surface area contributed by atoms with Gasteiger partial charge in [-0.25, -0.2) is 4.39 Å². The topological polar surface area (TPSA) is 55.9 Å². The SMILES string of the molecule is Cn1cc(CCNc2ccc(F)cc2N)cn1. The Morgan fingerprint density at radius 3 is 2.94 bits per heavy atom. The summed E-state index contributed by atoms with van der Waals surface area (Å²) >= 11 is 0. The maximum absolute atomic E-state index is 12.8. The van der Waals surface area contributed by atoms with Gasteiger partial charge in [0.05, 0.1) is 17.6 Å². The van der Waals surface area contributed by atoms with Gasteiger partial charge in [0.2, 0.25) is 0 Å². The van der Waals surface area contributed by atoms with Gasteiger partial charge in [-0.2, -0.15) is 5.10 Å². The largest absolute Gasteiger partial charge is 0.397 e. The van der Waals surface area contributed by atoms with E-state index < -0.39 is 0 Å². The van der Waals surface area contributed by atoms with Crippen molar-refractivity contribution in [2.24, 2.45) is 7.05 Å². The van der Waals surface area contributed by atoms with Crippen molar-refractivity contribution >= 4 is 11.4 Å². The standard InChI is InChI=1S/C12H15FN4/c1-17-8-9(7-16-17)4-5-15-12-3-2-10(13)6-11(12)14/h2-3,6-8,15H,4-5,14H2,1H3. The summed E-state index contributed by atoms with van der Waals surface area (Å²) in [6.07, 6.45) is 4.65. The van der Waals surface area contributed by atoms with Crippen molar-refractivity contribution in [2.45, 2.75) is 6.42 Å². The molecule has 0 aliphatic carbocycles. The summed E-state index contributed by atoms with van der Waals surface area (Å²) in [5.41, 5.74) is 8.03. The Bertz CT molecular complexity index is 507. The molecule has 1 aromatic carbocycles. The molecule has 0 saturated carbocycles. The molecule has 0 atom stereocenters. The average molecular weight is 234 g/mol. The van der Waals surface area contributed by atoms with E-state index in [0.29, 0.717) is 5.69 Å². The van der Waals surface area contributed by atoms with Crippen LogP contribution in [-0.2, 0) is 13.5 Å². The lowest BCUT2D eigenvalue weighted by atomic mass is 10.2. The highest BCUT2D eigenvalue weighted by atomic mass is 19.1. The summed E-state index contributed by atoms with van der Waals surface area (Å²) in [5.74, 6) is -0.319. The number of aryl methyl sites for hydroxylation is 1. The molecule has 0 aliphatic rings. The number of nitrogens with one attached hydrogen (secondary N) is 1. The molecule has 5 heteroatoms. The first-order valence-electron chi connectivity index (χ1n) is 5.41. The van der Waals surface area contributed by atoms with Crippen LogP contribution in [0.3, 0.4) is 0 Å². The summed E-state index contributed by atoms with van der Waals surface area (Å²) in [6.45, 7) is 0.738. The van der Waals surface area contributed by atoms with Gasteiger partial charge < -0.3 is 11.1 Å². The highest BCUT2D eigenvalue weighted by Crippen LogP contribution is 2.18. The summed E-state index contributed by atoms with van der Waals surface area (Å²) in [4.78, 5) is 0. The van der Waals surface area contributed by atoms with Crippen LogP contribution in [0.1, 0.15) is 5.56 Å². The molecule has 17 heavy (non-hydrogen) atoms. The number of hydrogen-bond donors (Lipinski definition) is 2. The van der Waals surface area contributed by atoms with E-state index in [1.807, 2.05) is 19.4 Å². The smallest absolute Gasteiger partial charge is 0.125 e. The second-order valence-corrected chi connectivity index (χ2v) is 3.93. The molecule has 0 saturated heterocycles. The van der Waals surface area contributed by atoms with Gasteiger partial charge in [0.15, 0.2) is 0 Å². The molecule has 2 rings (SSSR count). The van der Waals surface area contributed by atoms with E-state index in [2.05, 4.69) is 10.4 Å². The number of nitrogens with zero attached hydrogens (tertiary/aromatic N) is 2. The Kier molecular flexibility index (Phi) is 3.27. The van der Waals surface area contributed by atoms with Crippen LogP contribution in [0, 0.1) is 5.82 Å². The normalized spacial score (nSPS) is 10.5. The zero-order valence-electron chi connectivity index (χ0n) is 9.65. The van der Waals surface area contributed by atoms with E-state index in [1.165, 1.54) is 12.1 Å². The zero-order valence-corrected chi connectivity index (χ0v) is 9.65. The van der Waals surface area contributed by atoms with Crippen LogP contribution in [0.25, 0.3) is 0 Å². The molecule has 0 bridgehead atoms. The fourth-order valence-electron chi connectivity index (χ4n) is 1.64. The van der Waals surface area contributed by atoms with E-state index in [9.17, 15) is 4.39 Å². The van der Waals surface area contributed by atoms with Crippen molar-refractivity contribution in [1.29, 1.82) is 0 Å². The fourth-order valence-corrected chi connectivity index (χ4v) is 1.64. The molecular weight excluding hydrogens is 219 g/mol. The molecular formula is C12H15FN4. The summed E-state index contributed by atoms with van der Waals surface area (Å²) in [7, 11) is 1.88. The monoisotopic (exact) mass is 234 g/mol. The quantitative estimate of drug-likeness (QED) is 0.793. The summed E-state index contributed by atoms with van der Waals surface area (Å²) in [6, 6.07) is 4.35. The van der Waals surface area contributed by atoms with Crippen molar-refractivity contribution in [1.82, 2.24) is 9.78 Å². The van der Waals surface area contributed by atoms with Gasteiger partial charge in [-0.1, -0.05) is 0 Å². The molecule has 0 unspecified atom stereocenters. The third-order valence-electron chi connectivity index (χ3n) is 2.50. The van der Waals surface area contributed by atoms with Gasteiger partial charge in [-0.3, -0.25) is 4.68 Å². The van der Waals surface area contributed by atoms with Crippen LogP contribution >= 0.6 is 0 Å². The number of anilines is 2. The number of benzene rings is 1. The Labute approximate surface area is 99.2 Å². The predicted octanol–water partition coefficient (Wildman–Crippen LogP) is 1.80. The minimum absolute atomic E-state index is 0.319. The average Bonchev–Trinajstić information content (AvgIpc) is 2.68. The van der Waals surface area contributed by atoms with E-state index in [0.717, 1.165) is 24.2 Å². The number of nitrogen functional groups attached to an aromatic ring is 1. The Morgan fingerprint density at radius 1 is 1.47 bits per heavy atom. The lowest BCUT2D eigenvalue weighted by Gasteiger charge is -2.08.